The molecule has 0 spiro atoms. The smallest absolute Gasteiger partial charge is 0.251 e. The van der Waals surface area contributed by atoms with E-state index in [9.17, 15) is 4.79 Å². The lowest BCUT2D eigenvalue weighted by molar-refractivity contribution is 0.0922. The van der Waals surface area contributed by atoms with Crippen LogP contribution in [0.3, 0.4) is 0 Å². The number of nitrogens with one attached hydrogen (secondary N) is 2. The topological polar surface area (TPSA) is 64.9 Å². The average molecular weight is 257 g/mol. The molecule has 100 valence electrons. The molecule has 0 aliphatic carbocycles. The van der Waals surface area contributed by atoms with Crippen LogP contribution in [0.4, 0.5) is 0 Å². The van der Waals surface area contributed by atoms with Crippen molar-refractivity contribution in [3.63, 3.8) is 0 Å². The van der Waals surface area contributed by atoms with Gasteiger partial charge in [0.25, 0.3) is 5.91 Å². The number of piperidine rings is 1. The number of hydrogen-bond donors (Lipinski definition) is 2. The highest BCUT2D eigenvalue weighted by atomic mass is 16.1. The monoisotopic (exact) mass is 257 g/mol. The molecule has 2 N–H and O–H groups in total. The minimum absolute atomic E-state index is 0.0655. The van der Waals surface area contributed by atoms with E-state index in [0.717, 1.165) is 25.9 Å². The van der Waals surface area contributed by atoms with E-state index in [1.54, 1.807) is 24.3 Å². The van der Waals surface area contributed by atoms with Gasteiger partial charge in [0.2, 0.25) is 0 Å². The minimum atomic E-state index is -0.0655. The average Bonchev–Trinajstić information content (AvgIpc) is 2.46. The second-order valence-corrected chi connectivity index (χ2v) is 5.43. The predicted molar refractivity (Wildman–Crippen MR) is 73.7 cm³/mol. The molecule has 1 aromatic rings. The van der Waals surface area contributed by atoms with Crippen molar-refractivity contribution in [1.29, 1.82) is 5.26 Å². The molecule has 1 saturated heterocycles. The van der Waals surface area contributed by atoms with Crippen LogP contribution in [0.1, 0.15) is 35.7 Å². The molecule has 1 aromatic carbocycles. The van der Waals surface area contributed by atoms with Gasteiger partial charge in [-0.15, -0.1) is 0 Å². The summed E-state index contributed by atoms with van der Waals surface area (Å²) in [5.74, 6) is -0.0655. The van der Waals surface area contributed by atoms with E-state index in [1.165, 1.54) is 0 Å². The fourth-order valence-electron chi connectivity index (χ4n) is 2.30. The number of carbonyl (C=O) groups is 1. The molecular weight excluding hydrogens is 238 g/mol. The standard InChI is InChI=1S/C15H19N3O/c1-15(6-8-17-9-7-15)11-18-14(19)13-4-2-12(10-16)3-5-13/h2-5,17H,6-9,11H2,1H3,(H,18,19). The van der Waals surface area contributed by atoms with Crippen molar-refractivity contribution in [2.75, 3.05) is 19.6 Å². The minimum Gasteiger partial charge on any atom is -0.351 e. The highest BCUT2D eigenvalue weighted by molar-refractivity contribution is 5.94. The van der Waals surface area contributed by atoms with Crippen LogP contribution in [-0.4, -0.2) is 25.5 Å². The first-order valence-electron chi connectivity index (χ1n) is 6.62. The van der Waals surface area contributed by atoms with Crippen LogP contribution in [0.2, 0.25) is 0 Å². The Morgan fingerprint density at radius 2 is 2.00 bits per heavy atom. The number of carbonyl (C=O) groups excluding carboxylic acids is 1. The Bertz CT molecular complexity index is 481. The van der Waals surface area contributed by atoms with E-state index in [4.69, 9.17) is 5.26 Å². The van der Waals surface area contributed by atoms with E-state index < -0.39 is 0 Å². The summed E-state index contributed by atoms with van der Waals surface area (Å²) in [5.41, 5.74) is 1.37. The van der Waals surface area contributed by atoms with Crippen molar-refractivity contribution >= 4 is 5.91 Å². The largest absolute Gasteiger partial charge is 0.351 e. The molecule has 0 bridgehead atoms. The molecule has 0 aromatic heterocycles. The molecule has 0 unspecified atom stereocenters. The molecule has 1 fully saturated rings. The zero-order valence-corrected chi connectivity index (χ0v) is 11.2. The maximum absolute atomic E-state index is 12.0. The maximum atomic E-state index is 12.0. The van der Waals surface area contributed by atoms with Gasteiger partial charge in [-0.1, -0.05) is 6.92 Å². The molecule has 1 amide bonds. The summed E-state index contributed by atoms with van der Waals surface area (Å²) in [6.07, 6.45) is 2.17. The normalized spacial score (nSPS) is 17.5. The van der Waals surface area contributed by atoms with Gasteiger partial charge in [-0.25, -0.2) is 0 Å². The summed E-state index contributed by atoms with van der Waals surface area (Å²) < 4.78 is 0. The van der Waals surface area contributed by atoms with Crippen molar-refractivity contribution in [3.05, 3.63) is 35.4 Å². The second kappa shape index (κ2) is 5.85. The van der Waals surface area contributed by atoms with Crippen molar-refractivity contribution in [3.8, 4) is 6.07 Å². The van der Waals surface area contributed by atoms with E-state index in [2.05, 4.69) is 17.6 Å². The number of nitriles is 1. The van der Waals surface area contributed by atoms with Gasteiger partial charge in [0.05, 0.1) is 11.6 Å². The zero-order chi connectivity index (χ0) is 13.7. The number of rotatable bonds is 3. The second-order valence-electron chi connectivity index (χ2n) is 5.43. The van der Waals surface area contributed by atoms with E-state index in [-0.39, 0.29) is 11.3 Å². The lowest BCUT2D eigenvalue weighted by Gasteiger charge is -2.34. The quantitative estimate of drug-likeness (QED) is 0.866. The van der Waals surface area contributed by atoms with Crippen LogP contribution in [0, 0.1) is 16.7 Å². The molecule has 2 rings (SSSR count). The van der Waals surface area contributed by atoms with Gasteiger partial charge in [0, 0.05) is 12.1 Å². The summed E-state index contributed by atoms with van der Waals surface area (Å²) in [6, 6.07) is 8.77. The fourth-order valence-corrected chi connectivity index (χ4v) is 2.30. The molecule has 1 aliphatic heterocycles. The van der Waals surface area contributed by atoms with Gasteiger partial charge < -0.3 is 10.6 Å². The predicted octanol–water partition coefficient (Wildman–Crippen LogP) is 1.68. The molecule has 0 radical (unpaired) electrons. The fraction of sp³-hybridized carbons (Fsp3) is 0.467. The number of benzene rings is 1. The van der Waals surface area contributed by atoms with Crippen molar-refractivity contribution in [2.45, 2.75) is 19.8 Å². The van der Waals surface area contributed by atoms with Crippen LogP contribution in [0.15, 0.2) is 24.3 Å². The highest BCUT2D eigenvalue weighted by Gasteiger charge is 2.27. The number of nitrogens with zero attached hydrogens (tertiary/aromatic N) is 1. The molecule has 0 atom stereocenters. The Morgan fingerprint density at radius 1 is 1.37 bits per heavy atom. The molecule has 19 heavy (non-hydrogen) atoms. The van der Waals surface area contributed by atoms with E-state index >= 15 is 0 Å². The van der Waals surface area contributed by atoms with Crippen molar-refractivity contribution < 1.29 is 4.79 Å². The van der Waals surface area contributed by atoms with Gasteiger partial charge in [-0.2, -0.15) is 5.26 Å². The molecule has 1 heterocycles. The third-order valence-corrected chi connectivity index (χ3v) is 3.76. The van der Waals surface area contributed by atoms with Crippen LogP contribution in [0.25, 0.3) is 0 Å². The van der Waals surface area contributed by atoms with Crippen molar-refractivity contribution in [1.82, 2.24) is 10.6 Å². The van der Waals surface area contributed by atoms with Gasteiger partial charge in [-0.3, -0.25) is 4.79 Å². The SMILES string of the molecule is CC1(CNC(=O)c2ccc(C#N)cc2)CCNCC1. The highest BCUT2D eigenvalue weighted by Crippen LogP contribution is 2.26. The molecular formula is C15H19N3O. The van der Waals surface area contributed by atoms with Crippen LogP contribution < -0.4 is 10.6 Å². The molecule has 4 nitrogen and oxygen atoms in total. The van der Waals surface area contributed by atoms with Gasteiger partial charge in [0.1, 0.15) is 0 Å². The summed E-state index contributed by atoms with van der Waals surface area (Å²) in [5, 5.41) is 15.0. The van der Waals surface area contributed by atoms with Gasteiger partial charge >= 0.3 is 0 Å². The Morgan fingerprint density at radius 3 is 2.58 bits per heavy atom. The molecule has 0 saturated carbocycles. The molecule has 1 aliphatic rings. The van der Waals surface area contributed by atoms with Crippen LogP contribution in [0.5, 0.6) is 0 Å². The third kappa shape index (κ3) is 3.55. The third-order valence-electron chi connectivity index (χ3n) is 3.76. The Kier molecular flexibility index (Phi) is 4.18. The number of amides is 1. The van der Waals surface area contributed by atoms with Gasteiger partial charge in [0.15, 0.2) is 0 Å². The van der Waals surface area contributed by atoms with Crippen LogP contribution >= 0.6 is 0 Å². The summed E-state index contributed by atoms with van der Waals surface area (Å²) in [6.45, 7) is 4.95. The van der Waals surface area contributed by atoms with E-state index in [0.29, 0.717) is 17.7 Å². The van der Waals surface area contributed by atoms with Gasteiger partial charge in [-0.05, 0) is 55.6 Å². The first kappa shape index (κ1) is 13.6. The summed E-state index contributed by atoms with van der Waals surface area (Å²) in [4.78, 5) is 12.0. The lowest BCUT2D eigenvalue weighted by atomic mass is 9.81. The van der Waals surface area contributed by atoms with Crippen molar-refractivity contribution in [2.24, 2.45) is 5.41 Å². The first-order valence-corrected chi connectivity index (χ1v) is 6.62. The summed E-state index contributed by atoms with van der Waals surface area (Å²) in [7, 11) is 0. The lowest BCUT2D eigenvalue weighted by Crippen LogP contribution is -2.42. The zero-order valence-electron chi connectivity index (χ0n) is 11.2. The van der Waals surface area contributed by atoms with Crippen LogP contribution in [-0.2, 0) is 0 Å². The number of hydrogen-bond acceptors (Lipinski definition) is 3. The van der Waals surface area contributed by atoms with E-state index in [1.807, 2.05) is 6.07 Å². The Labute approximate surface area is 113 Å². The Balaban J connectivity index is 1.91. The Hall–Kier alpha value is -1.86. The maximum Gasteiger partial charge on any atom is 0.251 e. The molecule has 4 heteroatoms. The first-order chi connectivity index (χ1) is 9.13. The summed E-state index contributed by atoms with van der Waals surface area (Å²) >= 11 is 0.